The number of Topliss-reactive ketones (excluding diaryl/α,β-unsaturated/α-hetero) is 1. The minimum atomic E-state index is -0.146. The van der Waals surface area contributed by atoms with Gasteiger partial charge in [0.05, 0.1) is 0 Å². The third-order valence-corrected chi connectivity index (χ3v) is 2.62. The van der Waals surface area contributed by atoms with Gasteiger partial charge in [-0.2, -0.15) is 0 Å². The first kappa shape index (κ1) is 9.27. The third kappa shape index (κ3) is 1.53. The lowest BCUT2D eigenvalue weighted by molar-refractivity contribution is 0.0983. The topological polar surface area (TPSA) is 43.1 Å². The fraction of sp³-hybridized carbons (Fsp3) is 0.200. The van der Waals surface area contributed by atoms with Gasteiger partial charge in [0.25, 0.3) is 5.89 Å². The Morgan fingerprint density at radius 1 is 1.50 bits per heavy atom. The van der Waals surface area contributed by atoms with Crippen molar-refractivity contribution in [3.8, 4) is 0 Å². The molecule has 0 saturated carbocycles. The second-order valence-electron chi connectivity index (χ2n) is 2.91. The van der Waals surface area contributed by atoms with E-state index in [1.807, 2.05) is 24.5 Å². The van der Waals surface area contributed by atoms with Crippen LogP contribution < -0.4 is 0 Å². The van der Waals surface area contributed by atoms with E-state index in [1.165, 1.54) is 6.92 Å². The predicted octanol–water partition coefficient (Wildman–Crippen LogP) is 2.75. The van der Waals surface area contributed by atoms with Gasteiger partial charge in [0.15, 0.2) is 5.58 Å². The molecule has 72 valence electrons. The number of oxazole rings is 1. The molecule has 0 unspecified atom stereocenters. The Labute approximate surface area is 85.5 Å². The van der Waals surface area contributed by atoms with Gasteiger partial charge in [-0.3, -0.25) is 4.79 Å². The number of ketones is 1. The lowest BCUT2D eigenvalue weighted by Gasteiger charge is -1.92. The molecule has 0 atom stereocenters. The number of fused-ring (bicyclic) bond motifs is 1. The van der Waals surface area contributed by atoms with Crippen molar-refractivity contribution < 1.29 is 9.21 Å². The highest BCUT2D eigenvalue weighted by Gasteiger charge is 2.09. The van der Waals surface area contributed by atoms with Crippen molar-refractivity contribution in [2.24, 2.45) is 0 Å². The number of rotatable bonds is 2. The Hall–Kier alpha value is -1.29. The average molecular weight is 207 g/mol. The summed E-state index contributed by atoms with van der Waals surface area (Å²) in [7, 11) is 0. The summed E-state index contributed by atoms with van der Waals surface area (Å²) in [5, 5.41) is 0. The molecule has 0 saturated heterocycles. The van der Waals surface area contributed by atoms with Gasteiger partial charge in [-0.1, -0.05) is 0 Å². The Morgan fingerprint density at radius 3 is 2.93 bits per heavy atom. The Morgan fingerprint density at radius 2 is 2.29 bits per heavy atom. The van der Waals surface area contributed by atoms with Gasteiger partial charge in [0, 0.05) is 11.8 Å². The number of nitrogens with zero attached hydrogens (tertiary/aromatic N) is 1. The van der Waals surface area contributed by atoms with Gasteiger partial charge in [-0.25, -0.2) is 4.98 Å². The molecule has 0 radical (unpaired) electrons. The van der Waals surface area contributed by atoms with Gasteiger partial charge in [-0.05, 0) is 24.5 Å². The number of hydrogen-bond acceptors (Lipinski definition) is 4. The van der Waals surface area contributed by atoms with Crippen LogP contribution in [0.1, 0.15) is 17.6 Å². The second-order valence-corrected chi connectivity index (χ2v) is 3.79. The average Bonchev–Trinajstić information content (AvgIpc) is 2.59. The lowest BCUT2D eigenvalue weighted by atomic mass is 10.3. The maximum absolute atomic E-state index is 11.0. The molecule has 0 aliphatic carbocycles. The van der Waals surface area contributed by atoms with Crippen molar-refractivity contribution in [1.29, 1.82) is 0 Å². The molecular formula is C10H9NO2S. The zero-order chi connectivity index (χ0) is 10.1. The summed E-state index contributed by atoms with van der Waals surface area (Å²) in [5.41, 5.74) is 1.40. The van der Waals surface area contributed by atoms with Crippen LogP contribution in [0.25, 0.3) is 11.1 Å². The second kappa shape index (κ2) is 3.46. The van der Waals surface area contributed by atoms with Gasteiger partial charge < -0.3 is 4.42 Å². The fourth-order valence-corrected chi connectivity index (χ4v) is 1.62. The van der Waals surface area contributed by atoms with Gasteiger partial charge in [-0.15, -0.1) is 11.8 Å². The fourth-order valence-electron chi connectivity index (χ4n) is 1.18. The van der Waals surface area contributed by atoms with Crippen LogP contribution in [-0.2, 0) is 0 Å². The summed E-state index contributed by atoms with van der Waals surface area (Å²) in [4.78, 5) is 16.2. The first-order valence-corrected chi connectivity index (χ1v) is 5.38. The summed E-state index contributed by atoms with van der Waals surface area (Å²) in [6.45, 7) is 1.44. The highest BCUT2D eigenvalue weighted by molar-refractivity contribution is 7.98. The van der Waals surface area contributed by atoms with E-state index in [0.717, 1.165) is 10.4 Å². The van der Waals surface area contributed by atoms with E-state index in [-0.39, 0.29) is 11.7 Å². The Kier molecular flexibility index (Phi) is 2.29. The molecule has 0 fully saturated rings. The van der Waals surface area contributed by atoms with E-state index < -0.39 is 0 Å². The van der Waals surface area contributed by atoms with Crippen LogP contribution in [-0.4, -0.2) is 17.0 Å². The maximum atomic E-state index is 11.0. The third-order valence-electron chi connectivity index (χ3n) is 1.90. The molecule has 2 aromatic rings. The highest BCUT2D eigenvalue weighted by atomic mass is 32.2. The lowest BCUT2D eigenvalue weighted by Crippen LogP contribution is -1.89. The number of aromatic nitrogens is 1. The molecule has 1 aromatic carbocycles. The maximum Gasteiger partial charge on any atom is 0.263 e. The van der Waals surface area contributed by atoms with E-state index >= 15 is 0 Å². The molecule has 0 spiro atoms. The highest BCUT2D eigenvalue weighted by Crippen LogP contribution is 2.22. The van der Waals surface area contributed by atoms with E-state index in [4.69, 9.17) is 4.42 Å². The number of carbonyl (C=O) groups excluding carboxylic acids is 1. The van der Waals surface area contributed by atoms with E-state index in [9.17, 15) is 4.79 Å². The van der Waals surface area contributed by atoms with Crippen LogP contribution >= 0.6 is 11.8 Å². The Balaban J connectivity index is 2.60. The van der Waals surface area contributed by atoms with Crippen LogP contribution in [0.3, 0.4) is 0 Å². The van der Waals surface area contributed by atoms with Crippen LogP contribution in [0.5, 0.6) is 0 Å². The predicted molar refractivity (Wildman–Crippen MR) is 55.8 cm³/mol. The normalized spacial score (nSPS) is 10.7. The van der Waals surface area contributed by atoms with Crippen molar-refractivity contribution >= 4 is 28.6 Å². The van der Waals surface area contributed by atoms with Crippen LogP contribution in [0.15, 0.2) is 27.5 Å². The minimum Gasteiger partial charge on any atom is -0.434 e. The van der Waals surface area contributed by atoms with Crippen molar-refractivity contribution in [2.75, 3.05) is 6.26 Å². The smallest absolute Gasteiger partial charge is 0.263 e. The van der Waals surface area contributed by atoms with Crippen LogP contribution in [0.2, 0.25) is 0 Å². The molecule has 1 aromatic heterocycles. The SMILES string of the molecule is CSc1ccc2oc(C(C)=O)nc2c1. The van der Waals surface area contributed by atoms with Gasteiger partial charge in [0.2, 0.25) is 5.78 Å². The largest absolute Gasteiger partial charge is 0.434 e. The number of thioether (sulfide) groups is 1. The molecule has 0 aliphatic rings. The van der Waals surface area contributed by atoms with E-state index in [2.05, 4.69) is 4.98 Å². The molecule has 0 bridgehead atoms. The number of carbonyl (C=O) groups is 1. The van der Waals surface area contributed by atoms with Crippen LogP contribution in [0, 0.1) is 0 Å². The summed E-state index contributed by atoms with van der Waals surface area (Å²) >= 11 is 1.63. The first-order chi connectivity index (χ1) is 6.70. The molecule has 1 heterocycles. The first-order valence-electron chi connectivity index (χ1n) is 4.16. The monoisotopic (exact) mass is 207 g/mol. The Bertz CT molecular complexity index is 490. The van der Waals surface area contributed by atoms with E-state index in [1.54, 1.807) is 11.8 Å². The van der Waals surface area contributed by atoms with Gasteiger partial charge >= 0.3 is 0 Å². The molecular weight excluding hydrogens is 198 g/mol. The summed E-state index contributed by atoms with van der Waals surface area (Å²) < 4.78 is 5.26. The summed E-state index contributed by atoms with van der Waals surface area (Å²) in [6, 6.07) is 5.69. The minimum absolute atomic E-state index is 0.146. The van der Waals surface area contributed by atoms with Crippen LogP contribution in [0.4, 0.5) is 0 Å². The van der Waals surface area contributed by atoms with Crippen molar-refractivity contribution in [3.05, 3.63) is 24.1 Å². The zero-order valence-corrected chi connectivity index (χ0v) is 8.72. The standard InChI is InChI=1S/C10H9NO2S/c1-6(12)10-11-8-5-7(14-2)3-4-9(8)13-10/h3-5H,1-2H3. The van der Waals surface area contributed by atoms with Crippen molar-refractivity contribution in [1.82, 2.24) is 4.98 Å². The number of hydrogen-bond donors (Lipinski definition) is 0. The molecule has 2 rings (SSSR count). The van der Waals surface area contributed by atoms with Gasteiger partial charge in [0.1, 0.15) is 5.52 Å². The quantitative estimate of drug-likeness (QED) is 0.561. The molecule has 0 aliphatic heterocycles. The molecule has 0 N–H and O–H groups in total. The molecule has 3 nitrogen and oxygen atoms in total. The summed E-state index contributed by atoms with van der Waals surface area (Å²) in [6.07, 6.45) is 1.99. The van der Waals surface area contributed by atoms with Crippen molar-refractivity contribution in [3.63, 3.8) is 0 Å². The molecule has 14 heavy (non-hydrogen) atoms. The number of benzene rings is 1. The summed E-state index contributed by atoms with van der Waals surface area (Å²) in [5.74, 6) is 0.0326. The van der Waals surface area contributed by atoms with Crippen molar-refractivity contribution in [2.45, 2.75) is 11.8 Å². The van der Waals surface area contributed by atoms with E-state index in [0.29, 0.717) is 5.58 Å². The molecule has 0 amide bonds. The zero-order valence-electron chi connectivity index (χ0n) is 7.90. The molecule has 4 heteroatoms.